The van der Waals surface area contributed by atoms with Crippen LogP contribution in [0, 0.1) is 5.41 Å². The van der Waals surface area contributed by atoms with Crippen molar-refractivity contribution in [2.45, 2.75) is 49.7 Å². The van der Waals surface area contributed by atoms with Crippen molar-refractivity contribution in [3.63, 3.8) is 0 Å². The van der Waals surface area contributed by atoms with E-state index in [1.807, 2.05) is 18.2 Å². The fraction of sp³-hybridized carbons (Fsp3) is 0.481. The monoisotopic (exact) mass is 544 g/mol. The molecule has 4 rings (SSSR count). The molecule has 8 nitrogen and oxygen atoms in total. The maximum absolute atomic E-state index is 11.8. The van der Waals surface area contributed by atoms with Gasteiger partial charge in [0.1, 0.15) is 10.8 Å². The van der Waals surface area contributed by atoms with E-state index in [2.05, 4.69) is 19.9 Å². The number of ether oxygens (including phenoxy) is 1. The van der Waals surface area contributed by atoms with Gasteiger partial charge in [-0.15, -0.1) is 11.8 Å². The number of thioether (sulfide) groups is 1. The lowest BCUT2D eigenvalue weighted by Crippen LogP contribution is -2.41. The summed E-state index contributed by atoms with van der Waals surface area (Å²) in [5.41, 5.74) is 1.00. The summed E-state index contributed by atoms with van der Waals surface area (Å²) >= 11 is 8.18. The summed E-state index contributed by atoms with van der Waals surface area (Å²) in [6, 6.07) is 5.50. The molecule has 1 aliphatic rings. The SMILES string of the molecule is COc1ccc2ncc(Cl)c([C@@H](O)CCC3(CC(=O)O)CCN(CCCSc4cnccn4)CC3)c2c1. The Labute approximate surface area is 226 Å². The zero-order valence-electron chi connectivity index (χ0n) is 21.0. The van der Waals surface area contributed by atoms with Crippen LogP contribution in [0.5, 0.6) is 5.75 Å². The summed E-state index contributed by atoms with van der Waals surface area (Å²) in [4.78, 5) is 26.9. The Morgan fingerprint density at radius 2 is 2.05 bits per heavy atom. The van der Waals surface area contributed by atoms with E-state index < -0.39 is 12.1 Å². The van der Waals surface area contributed by atoms with Crippen molar-refractivity contribution < 1.29 is 19.7 Å². The predicted octanol–water partition coefficient (Wildman–Crippen LogP) is 5.24. The van der Waals surface area contributed by atoms with Crippen LogP contribution in [0.1, 0.15) is 50.2 Å². The molecule has 0 aliphatic carbocycles. The van der Waals surface area contributed by atoms with E-state index in [1.165, 1.54) is 0 Å². The average Bonchev–Trinajstić information content (AvgIpc) is 2.90. The first-order chi connectivity index (χ1) is 17.9. The number of hydrogen-bond donors (Lipinski definition) is 2. The second-order valence-corrected chi connectivity index (χ2v) is 11.1. The molecular formula is C27H33ClN4O4S. The van der Waals surface area contributed by atoms with Gasteiger partial charge in [-0.1, -0.05) is 11.6 Å². The molecule has 0 amide bonds. The molecule has 0 spiro atoms. The maximum Gasteiger partial charge on any atom is 0.303 e. The van der Waals surface area contributed by atoms with E-state index in [0.29, 0.717) is 29.2 Å². The largest absolute Gasteiger partial charge is 0.497 e. The molecule has 1 aromatic carbocycles. The van der Waals surface area contributed by atoms with Gasteiger partial charge in [0.2, 0.25) is 0 Å². The highest BCUT2D eigenvalue weighted by molar-refractivity contribution is 7.99. The third kappa shape index (κ3) is 7.31. The molecule has 1 saturated heterocycles. The number of carboxylic acids is 1. The third-order valence-corrected chi connectivity index (χ3v) is 8.50. The predicted molar refractivity (Wildman–Crippen MR) is 145 cm³/mol. The summed E-state index contributed by atoms with van der Waals surface area (Å²) in [5.74, 6) is 0.836. The van der Waals surface area contributed by atoms with Crippen LogP contribution in [0.4, 0.5) is 0 Å². The van der Waals surface area contributed by atoms with Crippen LogP contribution in [0.15, 0.2) is 48.0 Å². The quantitative estimate of drug-likeness (QED) is 0.234. The molecule has 3 heterocycles. The zero-order valence-corrected chi connectivity index (χ0v) is 22.5. The van der Waals surface area contributed by atoms with E-state index >= 15 is 0 Å². The topological polar surface area (TPSA) is 109 Å². The Balaban J connectivity index is 1.35. The first kappa shape index (κ1) is 27.6. The van der Waals surface area contributed by atoms with E-state index in [1.54, 1.807) is 43.7 Å². The number of likely N-dealkylation sites (tertiary alicyclic amines) is 1. The Morgan fingerprint density at radius 1 is 1.24 bits per heavy atom. The lowest BCUT2D eigenvalue weighted by molar-refractivity contribution is -0.141. The van der Waals surface area contributed by atoms with E-state index in [9.17, 15) is 15.0 Å². The van der Waals surface area contributed by atoms with Gasteiger partial charge in [0.15, 0.2) is 0 Å². The fourth-order valence-electron chi connectivity index (χ4n) is 5.13. The van der Waals surface area contributed by atoms with Crippen molar-refractivity contribution in [3.05, 3.63) is 53.6 Å². The van der Waals surface area contributed by atoms with Gasteiger partial charge in [0.05, 0.1) is 36.4 Å². The number of carboxylic acid groups (broad SMARTS) is 1. The van der Waals surface area contributed by atoms with Crippen LogP contribution < -0.4 is 4.74 Å². The van der Waals surface area contributed by atoms with Gasteiger partial charge in [-0.05, 0) is 75.4 Å². The molecule has 2 N–H and O–H groups in total. The highest BCUT2D eigenvalue weighted by atomic mass is 35.5. The van der Waals surface area contributed by atoms with Crippen molar-refractivity contribution in [1.82, 2.24) is 19.9 Å². The fourth-order valence-corrected chi connectivity index (χ4v) is 6.16. The number of aliphatic hydroxyl groups excluding tert-OH is 1. The first-order valence-electron chi connectivity index (χ1n) is 12.5. The molecular weight excluding hydrogens is 512 g/mol. The first-order valence-corrected chi connectivity index (χ1v) is 13.9. The number of hydrogen-bond acceptors (Lipinski definition) is 8. The van der Waals surface area contributed by atoms with Crippen LogP contribution in [0.2, 0.25) is 5.02 Å². The second-order valence-electron chi connectivity index (χ2n) is 9.62. The summed E-state index contributed by atoms with van der Waals surface area (Å²) in [7, 11) is 1.59. The molecule has 198 valence electrons. The smallest absolute Gasteiger partial charge is 0.303 e. The van der Waals surface area contributed by atoms with Crippen LogP contribution in [-0.4, -0.2) is 68.5 Å². The van der Waals surface area contributed by atoms with Gasteiger partial charge in [-0.3, -0.25) is 14.8 Å². The van der Waals surface area contributed by atoms with Gasteiger partial charge >= 0.3 is 5.97 Å². The van der Waals surface area contributed by atoms with Crippen molar-refractivity contribution >= 4 is 40.2 Å². The second kappa shape index (κ2) is 12.9. The van der Waals surface area contributed by atoms with Gasteiger partial charge in [0.25, 0.3) is 0 Å². The molecule has 37 heavy (non-hydrogen) atoms. The molecule has 1 aliphatic heterocycles. The minimum atomic E-state index is -0.827. The normalized spacial score (nSPS) is 16.5. The lowest BCUT2D eigenvalue weighted by atomic mass is 9.71. The van der Waals surface area contributed by atoms with E-state index in [0.717, 1.165) is 60.6 Å². The third-order valence-electron chi connectivity index (χ3n) is 7.20. The van der Waals surface area contributed by atoms with Crippen molar-refractivity contribution in [3.8, 4) is 5.75 Å². The Bertz CT molecular complexity index is 1190. The summed E-state index contributed by atoms with van der Waals surface area (Å²) in [5, 5.41) is 23.0. The Hall–Kier alpha value is -2.46. The molecule has 0 saturated carbocycles. The number of methoxy groups -OCH3 is 1. The number of fused-ring (bicyclic) bond motifs is 1. The number of carbonyl (C=O) groups is 1. The number of benzene rings is 1. The lowest BCUT2D eigenvalue weighted by Gasteiger charge is -2.41. The number of rotatable bonds is 12. The van der Waals surface area contributed by atoms with Crippen LogP contribution >= 0.6 is 23.4 Å². The molecule has 10 heteroatoms. The van der Waals surface area contributed by atoms with E-state index in [-0.39, 0.29) is 11.8 Å². The number of pyridine rings is 1. The van der Waals surface area contributed by atoms with Crippen LogP contribution in [-0.2, 0) is 4.79 Å². The van der Waals surface area contributed by atoms with Crippen LogP contribution in [0.25, 0.3) is 10.9 Å². The minimum Gasteiger partial charge on any atom is -0.497 e. The molecule has 1 fully saturated rings. The number of aliphatic hydroxyl groups is 1. The zero-order chi connectivity index (χ0) is 26.3. The van der Waals surface area contributed by atoms with Crippen LogP contribution in [0.3, 0.4) is 0 Å². The van der Waals surface area contributed by atoms with Gasteiger partial charge in [0, 0.05) is 35.3 Å². The molecule has 0 unspecified atom stereocenters. The number of aromatic nitrogens is 3. The highest BCUT2D eigenvalue weighted by Gasteiger charge is 2.37. The molecule has 1 atom stereocenters. The van der Waals surface area contributed by atoms with Crippen molar-refractivity contribution in [2.75, 3.05) is 32.5 Å². The molecule has 0 radical (unpaired) electrons. The maximum atomic E-state index is 11.8. The Kier molecular flexibility index (Phi) is 9.59. The summed E-state index contributed by atoms with van der Waals surface area (Å²) in [6.45, 7) is 2.68. The summed E-state index contributed by atoms with van der Waals surface area (Å²) < 4.78 is 5.35. The number of nitrogens with zero attached hydrogens (tertiary/aromatic N) is 4. The number of piperidine rings is 1. The van der Waals surface area contributed by atoms with Gasteiger partial charge < -0.3 is 19.8 Å². The minimum absolute atomic E-state index is 0.106. The number of aliphatic carboxylic acids is 1. The summed E-state index contributed by atoms with van der Waals surface area (Å²) in [6.07, 6.45) is 9.65. The van der Waals surface area contributed by atoms with E-state index in [4.69, 9.17) is 16.3 Å². The number of halogens is 1. The van der Waals surface area contributed by atoms with Gasteiger partial charge in [-0.25, -0.2) is 4.98 Å². The molecule has 3 aromatic rings. The highest BCUT2D eigenvalue weighted by Crippen LogP contribution is 2.43. The van der Waals surface area contributed by atoms with Crippen molar-refractivity contribution in [1.29, 1.82) is 0 Å². The molecule has 2 aromatic heterocycles. The van der Waals surface area contributed by atoms with Gasteiger partial charge in [-0.2, -0.15) is 0 Å². The standard InChI is InChI=1S/C27H33ClN4O4S/c1-36-19-3-4-22-20(15-19)26(21(28)17-31-22)23(33)5-6-27(16-25(34)35)7-12-32(13-8-27)11-2-14-37-24-18-29-9-10-30-24/h3-4,9-10,15,17-18,23,33H,2,5-8,11-14,16H2,1H3,(H,34,35)/t23-/m0/s1. The Morgan fingerprint density at radius 3 is 2.76 bits per heavy atom. The van der Waals surface area contributed by atoms with Crippen molar-refractivity contribution in [2.24, 2.45) is 5.41 Å². The average molecular weight is 545 g/mol. The molecule has 0 bridgehead atoms.